The minimum absolute atomic E-state index is 0.175. The molecule has 1 aromatic heterocycles. The summed E-state index contributed by atoms with van der Waals surface area (Å²) in [5.74, 6) is 0. The van der Waals surface area contributed by atoms with Crippen molar-refractivity contribution in [2.24, 2.45) is 0 Å². The first-order chi connectivity index (χ1) is 6.61. The lowest BCUT2D eigenvalue weighted by atomic mass is 10.3. The van der Waals surface area contributed by atoms with E-state index in [1.807, 2.05) is 20.0 Å². The van der Waals surface area contributed by atoms with E-state index in [0.29, 0.717) is 12.6 Å². The van der Waals surface area contributed by atoms with Gasteiger partial charge in [0.25, 0.3) is 0 Å². The van der Waals surface area contributed by atoms with Gasteiger partial charge in [0.15, 0.2) is 0 Å². The lowest BCUT2D eigenvalue weighted by Crippen LogP contribution is -2.36. The molecule has 0 saturated heterocycles. The maximum Gasteiger partial charge on any atom is 0.115 e. The van der Waals surface area contributed by atoms with Crippen LogP contribution in [0.4, 0.5) is 0 Å². The molecule has 5 heteroatoms. The topological polar surface area (TPSA) is 53.6 Å². The zero-order valence-electron chi connectivity index (χ0n) is 8.24. The van der Waals surface area contributed by atoms with Crippen molar-refractivity contribution in [3.8, 4) is 6.07 Å². The van der Waals surface area contributed by atoms with Crippen molar-refractivity contribution < 1.29 is 0 Å². The van der Waals surface area contributed by atoms with E-state index < -0.39 is 0 Å². The van der Waals surface area contributed by atoms with Gasteiger partial charge in [-0.3, -0.25) is 10.00 Å². The molecule has 1 unspecified atom stereocenters. The van der Waals surface area contributed by atoms with Gasteiger partial charge in [0.1, 0.15) is 6.04 Å². The molecule has 0 spiro atoms. The molecule has 0 aliphatic carbocycles. The highest BCUT2D eigenvalue weighted by Gasteiger charge is 2.09. The minimum atomic E-state index is -0.175. The van der Waals surface area contributed by atoms with E-state index in [1.54, 1.807) is 10.9 Å². The van der Waals surface area contributed by atoms with E-state index in [4.69, 9.17) is 5.26 Å². The fourth-order valence-electron chi connectivity index (χ4n) is 1.16. The van der Waals surface area contributed by atoms with Gasteiger partial charge >= 0.3 is 0 Å². The Morgan fingerprint density at radius 2 is 2.43 bits per heavy atom. The van der Waals surface area contributed by atoms with Crippen molar-refractivity contribution in [2.45, 2.75) is 32.5 Å². The van der Waals surface area contributed by atoms with Crippen LogP contribution in [0.1, 0.15) is 13.8 Å². The number of nitrogens with one attached hydrogen (secondary N) is 1. The monoisotopic (exact) mass is 304 g/mol. The van der Waals surface area contributed by atoms with Crippen molar-refractivity contribution >= 4 is 22.6 Å². The predicted octanol–water partition coefficient (Wildman–Crippen LogP) is 1.38. The number of rotatable bonds is 4. The van der Waals surface area contributed by atoms with E-state index in [9.17, 15) is 0 Å². The Balaban J connectivity index is 2.53. The number of hydrogen-bond acceptors (Lipinski definition) is 3. The smallest absolute Gasteiger partial charge is 0.115 e. The van der Waals surface area contributed by atoms with E-state index in [1.165, 1.54) is 0 Å². The average Bonchev–Trinajstić information content (AvgIpc) is 2.49. The summed E-state index contributed by atoms with van der Waals surface area (Å²) >= 11 is 2.20. The van der Waals surface area contributed by atoms with E-state index in [2.05, 4.69) is 39.1 Å². The summed E-state index contributed by atoms with van der Waals surface area (Å²) in [5, 5.41) is 16.2. The molecular weight excluding hydrogens is 291 g/mol. The van der Waals surface area contributed by atoms with Crippen molar-refractivity contribution in [1.29, 1.82) is 5.26 Å². The first-order valence-electron chi connectivity index (χ1n) is 4.45. The fourth-order valence-corrected chi connectivity index (χ4v) is 1.60. The lowest BCUT2D eigenvalue weighted by molar-refractivity contribution is 0.456. The number of nitriles is 1. The van der Waals surface area contributed by atoms with Crippen LogP contribution in [0.25, 0.3) is 0 Å². The molecule has 0 radical (unpaired) electrons. The lowest BCUT2D eigenvalue weighted by Gasteiger charge is -2.14. The number of halogens is 1. The zero-order chi connectivity index (χ0) is 10.6. The summed E-state index contributed by atoms with van der Waals surface area (Å²) in [7, 11) is 0. The van der Waals surface area contributed by atoms with Gasteiger partial charge in [-0.2, -0.15) is 10.4 Å². The maximum absolute atomic E-state index is 8.89. The fraction of sp³-hybridized carbons (Fsp3) is 0.556. The Bertz CT molecular complexity index is 326. The molecule has 0 saturated carbocycles. The van der Waals surface area contributed by atoms with Gasteiger partial charge in [0, 0.05) is 12.2 Å². The van der Waals surface area contributed by atoms with Crippen molar-refractivity contribution in [3.05, 3.63) is 16.0 Å². The van der Waals surface area contributed by atoms with Gasteiger partial charge in [0.2, 0.25) is 0 Å². The Morgan fingerprint density at radius 1 is 1.71 bits per heavy atom. The highest BCUT2D eigenvalue weighted by Crippen LogP contribution is 2.02. The minimum Gasteiger partial charge on any atom is -0.298 e. The van der Waals surface area contributed by atoms with Crippen LogP contribution in [0.15, 0.2) is 12.4 Å². The molecule has 1 atom stereocenters. The molecule has 1 heterocycles. The molecule has 0 amide bonds. The number of aromatic nitrogens is 2. The average molecular weight is 304 g/mol. The largest absolute Gasteiger partial charge is 0.298 e. The molecule has 1 rings (SSSR count). The molecule has 0 aromatic carbocycles. The molecule has 76 valence electrons. The van der Waals surface area contributed by atoms with Gasteiger partial charge in [-0.1, -0.05) is 0 Å². The summed E-state index contributed by atoms with van der Waals surface area (Å²) in [5.41, 5.74) is 0. The summed E-state index contributed by atoms with van der Waals surface area (Å²) in [6.45, 7) is 4.64. The molecule has 1 aromatic rings. The van der Waals surface area contributed by atoms with E-state index >= 15 is 0 Å². The SMILES string of the molecule is CC(C)NC(C#N)Cn1cc(I)cn1. The Labute approximate surface area is 97.4 Å². The highest BCUT2D eigenvalue weighted by atomic mass is 127. The van der Waals surface area contributed by atoms with Crippen LogP contribution < -0.4 is 5.32 Å². The van der Waals surface area contributed by atoms with Crippen LogP contribution in [0, 0.1) is 14.9 Å². The summed E-state index contributed by atoms with van der Waals surface area (Å²) in [6.07, 6.45) is 3.71. The predicted molar refractivity (Wildman–Crippen MR) is 62.6 cm³/mol. The van der Waals surface area contributed by atoms with Crippen LogP contribution >= 0.6 is 22.6 Å². The summed E-state index contributed by atoms with van der Waals surface area (Å²) in [6, 6.07) is 2.36. The normalized spacial score (nSPS) is 12.8. The molecule has 14 heavy (non-hydrogen) atoms. The Hall–Kier alpha value is -0.610. The van der Waals surface area contributed by atoms with Gasteiger partial charge in [-0.15, -0.1) is 0 Å². The third kappa shape index (κ3) is 3.64. The van der Waals surface area contributed by atoms with Crippen molar-refractivity contribution in [2.75, 3.05) is 0 Å². The van der Waals surface area contributed by atoms with Crippen LogP contribution in [0.5, 0.6) is 0 Å². The molecule has 0 aliphatic heterocycles. The third-order valence-corrected chi connectivity index (χ3v) is 2.22. The van der Waals surface area contributed by atoms with Crippen LogP contribution in [-0.2, 0) is 6.54 Å². The van der Waals surface area contributed by atoms with Crippen LogP contribution in [0.3, 0.4) is 0 Å². The number of nitrogens with zero attached hydrogens (tertiary/aromatic N) is 3. The molecule has 0 bridgehead atoms. The van der Waals surface area contributed by atoms with Gasteiger partial charge in [-0.25, -0.2) is 0 Å². The first-order valence-corrected chi connectivity index (χ1v) is 5.53. The van der Waals surface area contributed by atoms with Crippen molar-refractivity contribution in [1.82, 2.24) is 15.1 Å². The second-order valence-corrected chi connectivity index (χ2v) is 4.63. The first kappa shape index (κ1) is 11.5. The Morgan fingerprint density at radius 3 is 2.86 bits per heavy atom. The third-order valence-electron chi connectivity index (χ3n) is 1.66. The molecule has 0 fully saturated rings. The number of hydrogen-bond donors (Lipinski definition) is 1. The molecule has 1 N–H and O–H groups in total. The van der Waals surface area contributed by atoms with Crippen LogP contribution in [0.2, 0.25) is 0 Å². The molecular formula is C9H13IN4. The summed E-state index contributed by atoms with van der Waals surface area (Å²) < 4.78 is 2.87. The second kappa shape index (κ2) is 5.32. The standard InChI is InChI=1S/C9H13IN4/c1-7(2)13-9(3-11)6-14-5-8(10)4-12-14/h4-5,7,9,13H,6H2,1-2H3. The molecule has 4 nitrogen and oxygen atoms in total. The maximum atomic E-state index is 8.89. The van der Waals surface area contributed by atoms with E-state index in [-0.39, 0.29) is 6.04 Å². The van der Waals surface area contributed by atoms with Crippen LogP contribution in [-0.4, -0.2) is 21.9 Å². The van der Waals surface area contributed by atoms with E-state index in [0.717, 1.165) is 3.57 Å². The molecule has 0 aliphatic rings. The van der Waals surface area contributed by atoms with Gasteiger partial charge in [0.05, 0.1) is 22.4 Å². The van der Waals surface area contributed by atoms with Crippen molar-refractivity contribution in [3.63, 3.8) is 0 Å². The Kier molecular flexibility index (Phi) is 4.35. The summed E-state index contributed by atoms with van der Waals surface area (Å²) in [4.78, 5) is 0. The zero-order valence-corrected chi connectivity index (χ0v) is 10.4. The quantitative estimate of drug-likeness (QED) is 0.855. The highest BCUT2D eigenvalue weighted by molar-refractivity contribution is 14.1. The van der Waals surface area contributed by atoms with Gasteiger partial charge < -0.3 is 0 Å². The van der Waals surface area contributed by atoms with Gasteiger partial charge in [-0.05, 0) is 36.4 Å². The second-order valence-electron chi connectivity index (χ2n) is 3.38.